The minimum Gasteiger partial charge on any atom is -0.384 e. The molecule has 130 valence electrons. The van der Waals surface area contributed by atoms with Crippen LogP contribution in [0.25, 0.3) is 10.9 Å². The Morgan fingerprint density at radius 1 is 0.962 bits per heavy atom. The van der Waals surface area contributed by atoms with E-state index in [1.54, 1.807) is 0 Å². The molecule has 26 heavy (non-hydrogen) atoms. The highest BCUT2D eigenvalue weighted by Crippen LogP contribution is 2.22. The standard InChI is InChI=1S/C22H22N4/c1-17-7-8-20-19(15-17)21(9-11-23-20)24-12-10-22-25-13-14-26(22)16-18-5-3-2-4-6-18/h2-9,11,13-15H,10,12,16H2,1H3,(H,23,24). The van der Waals surface area contributed by atoms with Gasteiger partial charge in [-0.25, -0.2) is 4.98 Å². The van der Waals surface area contributed by atoms with Crippen molar-refractivity contribution in [1.82, 2.24) is 14.5 Å². The molecule has 0 aliphatic rings. The average Bonchev–Trinajstić information content (AvgIpc) is 3.10. The van der Waals surface area contributed by atoms with Gasteiger partial charge in [-0.1, -0.05) is 42.0 Å². The topological polar surface area (TPSA) is 42.7 Å². The SMILES string of the molecule is Cc1ccc2nccc(NCCc3nccn3Cc3ccccc3)c2c1. The lowest BCUT2D eigenvalue weighted by Crippen LogP contribution is -2.11. The maximum absolute atomic E-state index is 4.53. The number of imidazole rings is 1. The number of hydrogen-bond acceptors (Lipinski definition) is 3. The number of benzene rings is 2. The van der Waals surface area contributed by atoms with Crippen LogP contribution < -0.4 is 5.32 Å². The molecule has 4 heteroatoms. The minimum absolute atomic E-state index is 0.832. The van der Waals surface area contributed by atoms with E-state index in [9.17, 15) is 0 Å². The molecule has 0 saturated carbocycles. The molecule has 0 fully saturated rings. The first kappa shape index (κ1) is 16.3. The number of rotatable bonds is 6. The van der Waals surface area contributed by atoms with Crippen molar-refractivity contribution in [1.29, 1.82) is 0 Å². The Balaban J connectivity index is 1.45. The van der Waals surface area contributed by atoms with Gasteiger partial charge in [-0.05, 0) is 30.7 Å². The molecule has 0 unspecified atom stereocenters. The number of aromatic nitrogens is 3. The Bertz CT molecular complexity index is 1010. The smallest absolute Gasteiger partial charge is 0.110 e. The highest BCUT2D eigenvalue weighted by Gasteiger charge is 2.05. The van der Waals surface area contributed by atoms with E-state index in [2.05, 4.69) is 69.2 Å². The molecule has 4 rings (SSSR count). The molecule has 4 aromatic rings. The Morgan fingerprint density at radius 3 is 2.73 bits per heavy atom. The lowest BCUT2D eigenvalue weighted by molar-refractivity contribution is 0.723. The van der Waals surface area contributed by atoms with Gasteiger partial charge in [0, 0.05) is 49.2 Å². The number of pyridine rings is 1. The van der Waals surface area contributed by atoms with Gasteiger partial charge in [-0.15, -0.1) is 0 Å². The fraction of sp³-hybridized carbons (Fsp3) is 0.182. The molecule has 0 bridgehead atoms. The summed E-state index contributed by atoms with van der Waals surface area (Å²) in [7, 11) is 0. The van der Waals surface area contributed by atoms with E-state index in [1.165, 1.54) is 16.5 Å². The summed E-state index contributed by atoms with van der Waals surface area (Å²) in [6, 6.07) is 18.9. The summed E-state index contributed by atoms with van der Waals surface area (Å²) < 4.78 is 2.21. The second-order valence-electron chi connectivity index (χ2n) is 6.51. The van der Waals surface area contributed by atoms with Crippen LogP contribution in [0.1, 0.15) is 17.0 Å². The predicted octanol–water partition coefficient (Wildman–Crippen LogP) is 4.44. The lowest BCUT2D eigenvalue weighted by atomic mass is 10.1. The number of aryl methyl sites for hydroxylation is 1. The van der Waals surface area contributed by atoms with E-state index < -0.39 is 0 Å². The Hall–Kier alpha value is -3.14. The number of nitrogens with zero attached hydrogens (tertiary/aromatic N) is 3. The monoisotopic (exact) mass is 342 g/mol. The van der Waals surface area contributed by atoms with Gasteiger partial charge in [-0.3, -0.25) is 4.98 Å². The van der Waals surface area contributed by atoms with Crippen molar-refractivity contribution in [3.63, 3.8) is 0 Å². The minimum atomic E-state index is 0.832. The quantitative estimate of drug-likeness (QED) is 0.563. The highest BCUT2D eigenvalue weighted by molar-refractivity contribution is 5.91. The van der Waals surface area contributed by atoms with Gasteiger partial charge in [0.05, 0.1) is 5.52 Å². The zero-order valence-corrected chi connectivity index (χ0v) is 14.9. The molecule has 2 aromatic carbocycles. The first-order chi connectivity index (χ1) is 12.8. The van der Waals surface area contributed by atoms with E-state index in [4.69, 9.17) is 0 Å². The molecule has 0 amide bonds. The third-order valence-electron chi connectivity index (χ3n) is 4.56. The van der Waals surface area contributed by atoms with Crippen molar-refractivity contribution in [3.8, 4) is 0 Å². The summed E-state index contributed by atoms with van der Waals surface area (Å²) in [5.74, 6) is 1.09. The Kier molecular flexibility index (Phi) is 4.65. The van der Waals surface area contributed by atoms with Crippen LogP contribution in [0.15, 0.2) is 73.2 Å². The fourth-order valence-corrected chi connectivity index (χ4v) is 3.22. The predicted molar refractivity (Wildman–Crippen MR) is 106 cm³/mol. The van der Waals surface area contributed by atoms with Gasteiger partial charge < -0.3 is 9.88 Å². The fourth-order valence-electron chi connectivity index (χ4n) is 3.22. The summed E-state index contributed by atoms with van der Waals surface area (Å²) in [6.45, 7) is 3.79. The van der Waals surface area contributed by atoms with Crippen LogP contribution in [0, 0.1) is 6.92 Å². The second-order valence-corrected chi connectivity index (χ2v) is 6.51. The van der Waals surface area contributed by atoms with Crippen LogP contribution in [-0.4, -0.2) is 21.1 Å². The second kappa shape index (κ2) is 7.40. The third kappa shape index (κ3) is 3.59. The summed E-state index contributed by atoms with van der Waals surface area (Å²) in [4.78, 5) is 8.98. The van der Waals surface area contributed by atoms with Crippen LogP contribution in [0.5, 0.6) is 0 Å². The van der Waals surface area contributed by atoms with Gasteiger partial charge in [-0.2, -0.15) is 0 Å². The van der Waals surface area contributed by atoms with Crippen LogP contribution in [-0.2, 0) is 13.0 Å². The first-order valence-corrected chi connectivity index (χ1v) is 8.93. The van der Waals surface area contributed by atoms with Gasteiger partial charge in [0.2, 0.25) is 0 Å². The van der Waals surface area contributed by atoms with E-state index >= 15 is 0 Å². The van der Waals surface area contributed by atoms with Crippen LogP contribution in [0.2, 0.25) is 0 Å². The van der Waals surface area contributed by atoms with Crippen molar-refractivity contribution in [2.24, 2.45) is 0 Å². The average molecular weight is 342 g/mol. The molecule has 2 aromatic heterocycles. The molecule has 0 aliphatic carbocycles. The van der Waals surface area contributed by atoms with Gasteiger partial charge in [0.15, 0.2) is 0 Å². The summed E-state index contributed by atoms with van der Waals surface area (Å²) in [6.07, 6.45) is 6.66. The van der Waals surface area contributed by atoms with E-state index in [-0.39, 0.29) is 0 Å². The Morgan fingerprint density at radius 2 is 1.85 bits per heavy atom. The van der Waals surface area contributed by atoms with Gasteiger partial charge in [0.1, 0.15) is 5.82 Å². The van der Waals surface area contributed by atoms with Crippen LogP contribution in [0.4, 0.5) is 5.69 Å². The first-order valence-electron chi connectivity index (χ1n) is 8.93. The van der Waals surface area contributed by atoms with E-state index in [0.717, 1.165) is 36.5 Å². The molecular formula is C22H22N4. The van der Waals surface area contributed by atoms with Crippen LogP contribution in [0.3, 0.4) is 0 Å². The number of fused-ring (bicyclic) bond motifs is 1. The van der Waals surface area contributed by atoms with Gasteiger partial charge >= 0.3 is 0 Å². The highest BCUT2D eigenvalue weighted by atomic mass is 15.1. The third-order valence-corrected chi connectivity index (χ3v) is 4.56. The normalized spacial score (nSPS) is 11.0. The molecule has 0 aliphatic heterocycles. The Labute approximate surface area is 153 Å². The van der Waals surface area contributed by atoms with Crippen molar-refractivity contribution >= 4 is 16.6 Å². The molecule has 0 spiro atoms. The zero-order chi connectivity index (χ0) is 17.8. The molecule has 4 nitrogen and oxygen atoms in total. The van der Waals surface area contributed by atoms with Crippen molar-refractivity contribution in [2.75, 3.05) is 11.9 Å². The molecular weight excluding hydrogens is 320 g/mol. The summed E-state index contributed by atoms with van der Waals surface area (Å²) in [5.41, 5.74) is 4.67. The zero-order valence-electron chi connectivity index (χ0n) is 14.9. The lowest BCUT2D eigenvalue weighted by Gasteiger charge is -2.11. The van der Waals surface area contributed by atoms with Crippen molar-refractivity contribution in [2.45, 2.75) is 19.9 Å². The molecule has 0 saturated heterocycles. The molecule has 2 heterocycles. The molecule has 0 atom stereocenters. The van der Waals surface area contributed by atoms with Crippen molar-refractivity contribution in [3.05, 3.63) is 90.1 Å². The summed E-state index contributed by atoms with van der Waals surface area (Å²) >= 11 is 0. The maximum atomic E-state index is 4.53. The summed E-state index contributed by atoms with van der Waals surface area (Å²) in [5, 5.41) is 4.72. The number of nitrogens with one attached hydrogen (secondary N) is 1. The van der Waals surface area contributed by atoms with Crippen LogP contribution >= 0.6 is 0 Å². The number of hydrogen-bond donors (Lipinski definition) is 1. The maximum Gasteiger partial charge on any atom is 0.110 e. The van der Waals surface area contributed by atoms with Crippen molar-refractivity contribution < 1.29 is 0 Å². The molecule has 0 radical (unpaired) electrons. The molecule has 1 N–H and O–H groups in total. The van der Waals surface area contributed by atoms with E-state index in [1.807, 2.05) is 30.7 Å². The van der Waals surface area contributed by atoms with Gasteiger partial charge in [0.25, 0.3) is 0 Å². The largest absolute Gasteiger partial charge is 0.384 e. The van der Waals surface area contributed by atoms with E-state index in [0.29, 0.717) is 0 Å². The number of anilines is 1.